The third-order valence-electron chi connectivity index (χ3n) is 3.03. The lowest BCUT2D eigenvalue weighted by Gasteiger charge is -2.20. The molecule has 1 aliphatic rings. The number of rotatable bonds is 3. The lowest BCUT2D eigenvalue weighted by Crippen LogP contribution is -2.10. The van der Waals surface area contributed by atoms with Gasteiger partial charge in [0.1, 0.15) is 5.82 Å². The van der Waals surface area contributed by atoms with E-state index in [-0.39, 0.29) is 12.4 Å². The van der Waals surface area contributed by atoms with E-state index in [2.05, 4.69) is 9.97 Å². The number of halogens is 2. The Morgan fingerprint density at radius 1 is 1.33 bits per heavy atom. The summed E-state index contributed by atoms with van der Waals surface area (Å²) in [7, 11) is 0. The Morgan fingerprint density at radius 3 is 2.67 bits per heavy atom. The first kappa shape index (κ1) is 12.9. The Morgan fingerprint density at radius 2 is 2.07 bits per heavy atom. The van der Waals surface area contributed by atoms with Crippen molar-refractivity contribution in [3.05, 3.63) is 17.7 Å². The van der Waals surface area contributed by atoms with E-state index in [1.165, 1.54) is 32.1 Å². The Balaban J connectivity index is 0.00000112. The molecule has 2 rings (SSSR count). The second kappa shape index (κ2) is 6.39. The zero-order chi connectivity index (χ0) is 9.80. The van der Waals surface area contributed by atoms with Gasteiger partial charge in [0, 0.05) is 18.3 Å². The molecule has 0 radical (unpaired) electrons. The molecule has 2 nitrogen and oxygen atoms in total. The van der Waals surface area contributed by atoms with Gasteiger partial charge >= 0.3 is 0 Å². The zero-order valence-corrected chi connectivity index (χ0v) is 10.4. The van der Waals surface area contributed by atoms with Crippen LogP contribution in [0.3, 0.4) is 0 Å². The number of nitrogens with zero attached hydrogens (tertiary/aromatic N) is 1. The van der Waals surface area contributed by atoms with Crippen LogP contribution in [0.5, 0.6) is 0 Å². The molecular weight excluding hydrogens is 231 g/mol. The standard InChI is InChI=1S/C11H17ClN2.ClH/c12-7-10-8-13-11(14-10)6-9-4-2-1-3-5-9;/h8-9H,1-7H2,(H,13,14);1H. The molecule has 1 N–H and O–H groups in total. The molecule has 0 unspecified atom stereocenters. The maximum absolute atomic E-state index is 5.71. The Kier molecular flexibility index (Phi) is 5.48. The third kappa shape index (κ3) is 3.69. The summed E-state index contributed by atoms with van der Waals surface area (Å²) in [5.41, 5.74) is 1.04. The molecule has 0 saturated heterocycles. The van der Waals surface area contributed by atoms with Crippen molar-refractivity contribution >= 4 is 24.0 Å². The normalized spacial score (nSPS) is 17.4. The van der Waals surface area contributed by atoms with Crippen molar-refractivity contribution < 1.29 is 0 Å². The van der Waals surface area contributed by atoms with Gasteiger partial charge in [0.15, 0.2) is 0 Å². The molecule has 1 aliphatic carbocycles. The first-order chi connectivity index (χ1) is 6.88. The summed E-state index contributed by atoms with van der Waals surface area (Å²) in [6.45, 7) is 0. The van der Waals surface area contributed by atoms with Gasteiger partial charge < -0.3 is 4.98 Å². The monoisotopic (exact) mass is 248 g/mol. The van der Waals surface area contributed by atoms with Crippen molar-refractivity contribution in [2.75, 3.05) is 0 Å². The van der Waals surface area contributed by atoms with Gasteiger partial charge in [-0.1, -0.05) is 32.1 Å². The zero-order valence-electron chi connectivity index (χ0n) is 8.84. The van der Waals surface area contributed by atoms with Gasteiger partial charge in [0.2, 0.25) is 0 Å². The van der Waals surface area contributed by atoms with E-state index in [4.69, 9.17) is 11.6 Å². The van der Waals surface area contributed by atoms with E-state index in [1.54, 1.807) is 0 Å². The smallest absolute Gasteiger partial charge is 0.106 e. The number of hydrogen-bond acceptors (Lipinski definition) is 1. The number of alkyl halides is 1. The molecule has 1 fully saturated rings. The summed E-state index contributed by atoms with van der Waals surface area (Å²) in [5.74, 6) is 2.50. The summed E-state index contributed by atoms with van der Waals surface area (Å²) in [6.07, 6.45) is 9.92. The molecule has 0 aliphatic heterocycles. The first-order valence-electron chi connectivity index (χ1n) is 5.47. The number of nitrogens with one attached hydrogen (secondary N) is 1. The van der Waals surface area contributed by atoms with Gasteiger partial charge in [-0.15, -0.1) is 24.0 Å². The van der Waals surface area contributed by atoms with E-state index in [1.807, 2.05) is 6.20 Å². The Labute approximate surface area is 102 Å². The highest BCUT2D eigenvalue weighted by Gasteiger charge is 2.15. The molecule has 86 valence electrons. The highest BCUT2D eigenvalue weighted by molar-refractivity contribution is 6.16. The van der Waals surface area contributed by atoms with Gasteiger partial charge in [0.05, 0.1) is 5.88 Å². The van der Waals surface area contributed by atoms with Crippen molar-refractivity contribution in [1.29, 1.82) is 0 Å². The van der Waals surface area contributed by atoms with E-state index in [0.29, 0.717) is 5.88 Å². The summed E-state index contributed by atoms with van der Waals surface area (Å²) in [6, 6.07) is 0. The molecule has 0 aromatic carbocycles. The van der Waals surface area contributed by atoms with Crippen LogP contribution in [0, 0.1) is 5.92 Å². The van der Waals surface area contributed by atoms with Crippen LogP contribution < -0.4 is 0 Å². The van der Waals surface area contributed by atoms with Gasteiger partial charge in [-0.05, 0) is 5.92 Å². The summed E-state index contributed by atoms with van der Waals surface area (Å²) >= 11 is 5.71. The van der Waals surface area contributed by atoms with Crippen molar-refractivity contribution in [2.45, 2.75) is 44.4 Å². The second-order valence-electron chi connectivity index (χ2n) is 4.20. The maximum atomic E-state index is 5.71. The van der Waals surface area contributed by atoms with Crippen LogP contribution in [0.4, 0.5) is 0 Å². The van der Waals surface area contributed by atoms with Crippen LogP contribution >= 0.6 is 24.0 Å². The van der Waals surface area contributed by atoms with E-state index in [9.17, 15) is 0 Å². The molecule has 1 saturated carbocycles. The second-order valence-corrected chi connectivity index (χ2v) is 4.46. The molecule has 15 heavy (non-hydrogen) atoms. The molecular formula is C11H18Cl2N2. The minimum atomic E-state index is 0. The van der Waals surface area contributed by atoms with Crippen LogP contribution in [0.25, 0.3) is 0 Å². The topological polar surface area (TPSA) is 28.7 Å². The fourth-order valence-electron chi connectivity index (χ4n) is 2.24. The molecule has 0 atom stereocenters. The van der Waals surface area contributed by atoms with Crippen LogP contribution in [-0.2, 0) is 12.3 Å². The summed E-state index contributed by atoms with van der Waals surface area (Å²) in [5, 5.41) is 0. The van der Waals surface area contributed by atoms with Gasteiger partial charge in [-0.25, -0.2) is 4.98 Å². The number of imidazole rings is 1. The van der Waals surface area contributed by atoms with Crippen molar-refractivity contribution in [2.24, 2.45) is 5.92 Å². The summed E-state index contributed by atoms with van der Waals surface area (Å²) < 4.78 is 0. The SMILES string of the molecule is Cl.ClCc1cnc(CC2CCCCC2)[nH]1. The predicted octanol–water partition coefficient (Wildman–Crippen LogP) is 3.69. The molecule has 0 bridgehead atoms. The van der Waals surface area contributed by atoms with Crippen LogP contribution in [0.1, 0.15) is 43.6 Å². The summed E-state index contributed by atoms with van der Waals surface area (Å²) in [4.78, 5) is 7.61. The highest BCUT2D eigenvalue weighted by Crippen LogP contribution is 2.25. The van der Waals surface area contributed by atoms with Crippen LogP contribution in [0.15, 0.2) is 6.20 Å². The van der Waals surface area contributed by atoms with Crippen LogP contribution in [0.2, 0.25) is 0 Å². The first-order valence-corrected chi connectivity index (χ1v) is 6.00. The van der Waals surface area contributed by atoms with Crippen molar-refractivity contribution in [3.63, 3.8) is 0 Å². The minimum Gasteiger partial charge on any atom is -0.345 e. The third-order valence-corrected chi connectivity index (χ3v) is 3.32. The predicted molar refractivity (Wildman–Crippen MR) is 65.7 cm³/mol. The number of hydrogen-bond donors (Lipinski definition) is 1. The fraction of sp³-hybridized carbons (Fsp3) is 0.727. The Hall–Kier alpha value is -0.210. The lowest BCUT2D eigenvalue weighted by molar-refractivity contribution is 0.352. The van der Waals surface area contributed by atoms with Crippen molar-refractivity contribution in [1.82, 2.24) is 9.97 Å². The Bertz CT molecular complexity index is 280. The van der Waals surface area contributed by atoms with Crippen LogP contribution in [-0.4, -0.2) is 9.97 Å². The molecule has 4 heteroatoms. The number of aromatic nitrogens is 2. The average molecular weight is 249 g/mol. The number of H-pyrrole nitrogens is 1. The van der Waals surface area contributed by atoms with E-state index >= 15 is 0 Å². The van der Waals surface area contributed by atoms with Crippen molar-refractivity contribution in [3.8, 4) is 0 Å². The fourth-order valence-corrected chi connectivity index (χ4v) is 2.38. The molecule has 1 aromatic rings. The largest absolute Gasteiger partial charge is 0.345 e. The van der Waals surface area contributed by atoms with Gasteiger partial charge in [-0.2, -0.15) is 0 Å². The lowest BCUT2D eigenvalue weighted by atomic mass is 9.87. The van der Waals surface area contributed by atoms with E-state index < -0.39 is 0 Å². The minimum absolute atomic E-state index is 0. The number of aromatic amines is 1. The maximum Gasteiger partial charge on any atom is 0.106 e. The molecule has 1 heterocycles. The molecule has 0 amide bonds. The van der Waals surface area contributed by atoms with Gasteiger partial charge in [-0.3, -0.25) is 0 Å². The average Bonchev–Trinajstić information content (AvgIpc) is 2.67. The van der Waals surface area contributed by atoms with Gasteiger partial charge in [0.25, 0.3) is 0 Å². The molecule has 0 spiro atoms. The van der Waals surface area contributed by atoms with E-state index in [0.717, 1.165) is 23.9 Å². The quantitative estimate of drug-likeness (QED) is 0.813. The highest BCUT2D eigenvalue weighted by atomic mass is 35.5. The molecule has 1 aromatic heterocycles.